The number of hydrogen-bond donors (Lipinski definition) is 1. The van der Waals surface area contributed by atoms with Crippen LogP contribution in [-0.2, 0) is 21.2 Å². The molecule has 7 heteroatoms. The molecule has 168 valence electrons. The van der Waals surface area contributed by atoms with E-state index < -0.39 is 10.0 Å². The van der Waals surface area contributed by atoms with Gasteiger partial charge in [0.05, 0.1) is 17.8 Å². The number of rotatable bonds is 9. The standard InChI is InChI=1S/C24H32N2O4S/c1-19(2)30-23-14-12-22(13-15-23)25-24(27)21-11-6-16-26(18-21)31(28,29)17-7-10-20-8-4-3-5-9-20/h3-5,8-9,12-15,19,21H,6-7,10-11,16-18H2,1-2H3,(H,25,27)/t21-/m0/s1. The minimum atomic E-state index is -3.37. The van der Waals surface area contributed by atoms with E-state index in [9.17, 15) is 13.2 Å². The highest BCUT2D eigenvalue weighted by Crippen LogP contribution is 2.23. The molecule has 0 aliphatic carbocycles. The van der Waals surface area contributed by atoms with Crippen LogP contribution in [0, 0.1) is 5.92 Å². The van der Waals surface area contributed by atoms with Crippen LogP contribution in [0.1, 0.15) is 38.7 Å². The summed E-state index contributed by atoms with van der Waals surface area (Å²) >= 11 is 0. The summed E-state index contributed by atoms with van der Waals surface area (Å²) in [6.07, 6.45) is 2.77. The van der Waals surface area contributed by atoms with Gasteiger partial charge in [-0.2, -0.15) is 0 Å². The van der Waals surface area contributed by atoms with Crippen LogP contribution in [0.15, 0.2) is 54.6 Å². The predicted octanol–water partition coefficient (Wildman–Crippen LogP) is 4.09. The fourth-order valence-corrected chi connectivity index (χ4v) is 5.36. The Balaban J connectivity index is 1.52. The number of nitrogens with one attached hydrogen (secondary N) is 1. The molecule has 1 fully saturated rings. The Morgan fingerprint density at radius 3 is 2.52 bits per heavy atom. The Morgan fingerprint density at radius 1 is 1.13 bits per heavy atom. The van der Waals surface area contributed by atoms with Crippen molar-refractivity contribution in [2.75, 3.05) is 24.2 Å². The van der Waals surface area contributed by atoms with Crippen LogP contribution in [0.5, 0.6) is 5.75 Å². The quantitative estimate of drug-likeness (QED) is 0.632. The fourth-order valence-electron chi connectivity index (χ4n) is 3.77. The number of benzene rings is 2. The highest BCUT2D eigenvalue weighted by molar-refractivity contribution is 7.89. The van der Waals surface area contributed by atoms with Gasteiger partial charge in [-0.3, -0.25) is 4.79 Å². The lowest BCUT2D eigenvalue weighted by Crippen LogP contribution is -2.44. The van der Waals surface area contributed by atoms with Crippen LogP contribution < -0.4 is 10.1 Å². The van der Waals surface area contributed by atoms with Crippen molar-refractivity contribution in [2.24, 2.45) is 5.92 Å². The van der Waals surface area contributed by atoms with Crippen molar-refractivity contribution >= 4 is 21.6 Å². The van der Waals surface area contributed by atoms with Crippen molar-refractivity contribution < 1.29 is 17.9 Å². The van der Waals surface area contributed by atoms with Gasteiger partial charge in [-0.05, 0) is 69.4 Å². The molecule has 0 spiro atoms. The summed E-state index contributed by atoms with van der Waals surface area (Å²) in [5, 5.41) is 2.91. The van der Waals surface area contributed by atoms with E-state index in [-0.39, 0.29) is 30.2 Å². The van der Waals surface area contributed by atoms with Crippen molar-refractivity contribution in [3.8, 4) is 5.75 Å². The second-order valence-corrected chi connectivity index (χ2v) is 10.4. The van der Waals surface area contributed by atoms with Crippen LogP contribution in [-0.4, -0.2) is 43.6 Å². The Kier molecular flexibility index (Phi) is 8.09. The van der Waals surface area contributed by atoms with E-state index >= 15 is 0 Å². The minimum absolute atomic E-state index is 0.0864. The zero-order valence-electron chi connectivity index (χ0n) is 18.3. The number of carbonyl (C=O) groups is 1. The molecular formula is C24H32N2O4S. The van der Waals surface area contributed by atoms with Gasteiger partial charge in [0.15, 0.2) is 0 Å². The van der Waals surface area contributed by atoms with Gasteiger partial charge >= 0.3 is 0 Å². The molecule has 3 rings (SSSR count). The summed E-state index contributed by atoms with van der Waals surface area (Å²) in [7, 11) is -3.37. The van der Waals surface area contributed by atoms with Gasteiger partial charge in [-0.1, -0.05) is 30.3 Å². The van der Waals surface area contributed by atoms with Gasteiger partial charge in [0, 0.05) is 18.8 Å². The molecule has 0 saturated carbocycles. The number of amides is 1. The van der Waals surface area contributed by atoms with E-state index in [4.69, 9.17) is 4.74 Å². The fraction of sp³-hybridized carbons (Fsp3) is 0.458. The van der Waals surface area contributed by atoms with Gasteiger partial charge in [-0.15, -0.1) is 0 Å². The van der Waals surface area contributed by atoms with Crippen molar-refractivity contribution in [2.45, 2.75) is 45.6 Å². The zero-order valence-corrected chi connectivity index (χ0v) is 19.1. The molecule has 1 saturated heterocycles. The van der Waals surface area contributed by atoms with Gasteiger partial charge in [0.25, 0.3) is 0 Å². The van der Waals surface area contributed by atoms with E-state index in [0.717, 1.165) is 17.7 Å². The number of piperidine rings is 1. The Morgan fingerprint density at radius 2 is 1.84 bits per heavy atom. The molecule has 1 aliphatic heterocycles. The number of aryl methyl sites for hydroxylation is 1. The molecule has 2 aromatic rings. The maximum atomic E-state index is 12.8. The van der Waals surface area contributed by atoms with Crippen LogP contribution in [0.4, 0.5) is 5.69 Å². The average Bonchev–Trinajstić information content (AvgIpc) is 2.75. The molecule has 31 heavy (non-hydrogen) atoms. The lowest BCUT2D eigenvalue weighted by atomic mass is 9.99. The summed E-state index contributed by atoms with van der Waals surface area (Å²) in [6, 6.07) is 17.1. The normalized spacial score (nSPS) is 17.5. The third kappa shape index (κ3) is 7.08. The lowest BCUT2D eigenvalue weighted by Gasteiger charge is -2.31. The van der Waals surface area contributed by atoms with Crippen molar-refractivity contribution in [1.29, 1.82) is 0 Å². The van der Waals surface area contributed by atoms with Crippen molar-refractivity contribution in [3.63, 3.8) is 0 Å². The molecule has 1 heterocycles. The Hall–Kier alpha value is -2.38. The SMILES string of the molecule is CC(C)Oc1ccc(NC(=O)[C@H]2CCCN(S(=O)(=O)CCCc3ccccc3)C2)cc1. The predicted molar refractivity (Wildman–Crippen MR) is 124 cm³/mol. The van der Waals surface area contributed by atoms with E-state index in [2.05, 4.69) is 5.32 Å². The molecule has 0 aromatic heterocycles. The van der Waals surface area contributed by atoms with Crippen LogP contribution >= 0.6 is 0 Å². The van der Waals surface area contributed by atoms with Crippen molar-refractivity contribution in [3.05, 3.63) is 60.2 Å². The van der Waals surface area contributed by atoms with Crippen LogP contribution in [0.3, 0.4) is 0 Å². The zero-order chi connectivity index (χ0) is 22.3. The summed E-state index contributed by atoms with van der Waals surface area (Å²) in [6.45, 7) is 4.65. The van der Waals surface area contributed by atoms with E-state index in [1.807, 2.05) is 56.3 Å². The highest BCUT2D eigenvalue weighted by atomic mass is 32.2. The van der Waals surface area contributed by atoms with Gasteiger partial charge in [-0.25, -0.2) is 12.7 Å². The van der Waals surface area contributed by atoms with Gasteiger partial charge in [0.1, 0.15) is 5.75 Å². The monoisotopic (exact) mass is 444 g/mol. The number of ether oxygens (including phenoxy) is 1. The largest absolute Gasteiger partial charge is 0.491 e. The first-order valence-electron chi connectivity index (χ1n) is 10.9. The maximum Gasteiger partial charge on any atom is 0.228 e. The number of sulfonamides is 1. The first kappa shape index (κ1) is 23.3. The molecule has 1 amide bonds. The number of carbonyl (C=O) groups excluding carboxylic acids is 1. The third-order valence-corrected chi connectivity index (χ3v) is 7.28. The van der Waals surface area contributed by atoms with E-state index in [0.29, 0.717) is 31.5 Å². The van der Waals surface area contributed by atoms with Crippen LogP contribution in [0.2, 0.25) is 0 Å². The summed E-state index contributed by atoms with van der Waals surface area (Å²) in [4.78, 5) is 12.7. The second-order valence-electron chi connectivity index (χ2n) is 8.28. The smallest absolute Gasteiger partial charge is 0.228 e. The Labute approximate surface area is 185 Å². The van der Waals surface area contributed by atoms with Crippen molar-refractivity contribution in [1.82, 2.24) is 4.31 Å². The third-order valence-electron chi connectivity index (χ3n) is 5.35. The molecule has 0 radical (unpaired) electrons. The minimum Gasteiger partial charge on any atom is -0.491 e. The summed E-state index contributed by atoms with van der Waals surface area (Å²) in [5.74, 6) is 0.373. The number of nitrogens with zero attached hydrogens (tertiary/aromatic N) is 1. The first-order valence-corrected chi connectivity index (χ1v) is 12.5. The molecular weight excluding hydrogens is 412 g/mol. The summed E-state index contributed by atoms with van der Waals surface area (Å²) < 4.78 is 32.7. The highest BCUT2D eigenvalue weighted by Gasteiger charge is 2.32. The molecule has 1 aliphatic rings. The maximum absolute atomic E-state index is 12.8. The lowest BCUT2D eigenvalue weighted by molar-refractivity contribution is -0.120. The molecule has 2 aromatic carbocycles. The molecule has 0 bridgehead atoms. The second kappa shape index (κ2) is 10.8. The summed E-state index contributed by atoms with van der Waals surface area (Å²) in [5.41, 5.74) is 1.82. The van der Waals surface area contributed by atoms with Crippen LogP contribution in [0.25, 0.3) is 0 Å². The number of anilines is 1. The van der Waals surface area contributed by atoms with Gasteiger partial charge < -0.3 is 10.1 Å². The Bertz CT molecular complexity index is 943. The first-order chi connectivity index (χ1) is 14.8. The molecule has 0 unspecified atom stereocenters. The molecule has 1 atom stereocenters. The molecule has 1 N–H and O–H groups in total. The number of hydrogen-bond acceptors (Lipinski definition) is 4. The molecule has 6 nitrogen and oxygen atoms in total. The topological polar surface area (TPSA) is 75.7 Å². The van der Waals surface area contributed by atoms with E-state index in [1.54, 1.807) is 12.1 Å². The van der Waals surface area contributed by atoms with E-state index in [1.165, 1.54) is 4.31 Å². The van der Waals surface area contributed by atoms with Gasteiger partial charge in [0.2, 0.25) is 15.9 Å². The average molecular weight is 445 g/mol.